The normalized spacial score (nSPS) is 24.0. The largest absolute Gasteiger partial charge is 0.458 e. The van der Waals surface area contributed by atoms with Crippen molar-refractivity contribution in [3.63, 3.8) is 0 Å². The van der Waals surface area contributed by atoms with Crippen LogP contribution in [0.2, 0.25) is 0 Å². The Bertz CT molecular complexity index is 810. The van der Waals surface area contributed by atoms with Gasteiger partial charge in [0.2, 0.25) is 5.91 Å². The van der Waals surface area contributed by atoms with E-state index in [4.69, 9.17) is 4.74 Å². The van der Waals surface area contributed by atoms with E-state index in [9.17, 15) is 14.4 Å². The fraction of sp³-hybridized carbons (Fsp3) is 0.609. The highest BCUT2D eigenvalue weighted by atomic mass is 16.6. The number of likely N-dealkylation sites (N-methyl/N-ethyl adjacent to an activating group) is 1. The van der Waals surface area contributed by atoms with Gasteiger partial charge in [-0.3, -0.25) is 14.4 Å². The average molecular weight is 414 g/mol. The molecular formula is C23H31N3O4. The van der Waals surface area contributed by atoms with Crippen LogP contribution in [0.4, 0.5) is 5.69 Å². The molecule has 0 radical (unpaired) electrons. The summed E-state index contributed by atoms with van der Waals surface area (Å²) in [5.41, 5.74) is 0.512. The van der Waals surface area contributed by atoms with Gasteiger partial charge in [0.05, 0.1) is 12.3 Å². The molecule has 1 saturated carbocycles. The third kappa shape index (κ3) is 4.21. The summed E-state index contributed by atoms with van der Waals surface area (Å²) < 4.78 is 5.66. The van der Waals surface area contributed by atoms with E-state index < -0.39 is 11.5 Å². The number of hydrogen-bond donors (Lipinski definition) is 1. The number of amides is 2. The lowest BCUT2D eigenvalue weighted by molar-refractivity contribution is -0.153. The van der Waals surface area contributed by atoms with Gasteiger partial charge < -0.3 is 19.9 Å². The van der Waals surface area contributed by atoms with Crippen molar-refractivity contribution in [3.05, 3.63) is 29.8 Å². The van der Waals surface area contributed by atoms with Gasteiger partial charge in [0.15, 0.2) is 0 Å². The molecule has 1 atom stereocenters. The van der Waals surface area contributed by atoms with E-state index in [0.717, 1.165) is 51.7 Å². The van der Waals surface area contributed by atoms with E-state index in [-0.39, 0.29) is 24.2 Å². The number of nitrogens with zero attached hydrogens (tertiary/aromatic N) is 2. The number of rotatable bonds is 4. The van der Waals surface area contributed by atoms with Crippen LogP contribution in [-0.4, -0.2) is 65.9 Å². The Morgan fingerprint density at radius 3 is 2.57 bits per heavy atom. The first-order chi connectivity index (χ1) is 14.5. The highest BCUT2D eigenvalue weighted by molar-refractivity contribution is 5.99. The number of esters is 1. The van der Waals surface area contributed by atoms with E-state index >= 15 is 0 Å². The number of carbonyl (C=O) groups is 3. The third-order valence-electron chi connectivity index (χ3n) is 6.82. The zero-order valence-electron chi connectivity index (χ0n) is 17.7. The minimum Gasteiger partial charge on any atom is -0.458 e. The first-order valence-corrected chi connectivity index (χ1v) is 11.2. The molecule has 30 heavy (non-hydrogen) atoms. The molecule has 1 spiro atoms. The highest BCUT2D eigenvalue weighted by Crippen LogP contribution is 2.44. The lowest BCUT2D eigenvalue weighted by atomic mass is 9.75. The Morgan fingerprint density at radius 2 is 1.87 bits per heavy atom. The molecule has 7 heteroatoms. The monoisotopic (exact) mass is 413 g/mol. The molecule has 0 aromatic heterocycles. The molecule has 0 unspecified atom stereocenters. The van der Waals surface area contributed by atoms with Crippen LogP contribution in [0, 0.1) is 5.92 Å². The summed E-state index contributed by atoms with van der Waals surface area (Å²) in [6, 6.07) is 7.10. The molecule has 162 valence electrons. The fourth-order valence-electron chi connectivity index (χ4n) is 5.03. The van der Waals surface area contributed by atoms with Gasteiger partial charge in [0.25, 0.3) is 5.91 Å². The number of carbonyl (C=O) groups excluding carboxylic acids is 3. The van der Waals surface area contributed by atoms with Crippen molar-refractivity contribution in [2.75, 3.05) is 38.0 Å². The lowest BCUT2D eigenvalue weighted by Crippen LogP contribution is -2.48. The third-order valence-corrected chi connectivity index (χ3v) is 6.82. The molecule has 2 aliphatic heterocycles. The van der Waals surface area contributed by atoms with Crippen LogP contribution in [0.5, 0.6) is 0 Å². The maximum absolute atomic E-state index is 13.0. The summed E-state index contributed by atoms with van der Waals surface area (Å²) >= 11 is 0. The predicted octanol–water partition coefficient (Wildman–Crippen LogP) is 2.67. The number of nitrogens with one attached hydrogen (secondary N) is 1. The maximum atomic E-state index is 13.0. The van der Waals surface area contributed by atoms with Crippen molar-refractivity contribution in [2.24, 2.45) is 5.92 Å². The van der Waals surface area contributed by atoms with Crippen molar-refractivity contribution >= 4 is 23.5 Å². The van der Waals surface area contributed by atoms with E-state index in [1.807, 2.05) is 4.90 Å². The van der Waals surface area contributed by atoms with E-state index in [2.05, 4.69) is 17.1 Å². The van der Waals surface area contributed by atoms with Gasteiger partial charge >= 0.3 is 5.97 Å². The van der Waals surface area contributed by atoms with Crippen molar-refractivity contribution in [3.8, 4) is 0 Å². The molecule has 4 rings (SSSR count). The first kappa shape index (κ1) is 20.8. The maximum Gasteiger partial charge on any atom is 0.307 e. The minimum absolute atomic E-state index is 0.00928. The van der Waals surface area contributed by atoms with Crippen LogP contribution in [0.1, 0.15) is 55.8 Å². The fourth-order valence-corrected chi connectivity index (χ4v) is 5.03. The quantitative estimate of drug-likeness (QED) is 0.768. The zero-order chi connectivity index (χ0) is 21.1. The number of anilines is 1. The second kappa shape index (κ2) is 8.76. The molecule has 3 aliphatic rings. The van der Waals surface area contributed by atoms with Gasteiger partial charge in [-0.2, -0.15) is 0 Å². The highest BCUT2D eigenvalue weighted by Gasteiger charge is 2.52. The molecule has 1 aromatic carbocycles. The summed E-state index contributed by atoms with van der Waals surface area (Å²) in [6.07, 6.45) is 4.70. The Morgan fingerprint density at radius 1 is 1.13 bits per heavy atom. The van der Waals surface area contributed by atoms with Crippen molar-refractivity contribution in [2.45, 2.75) is 51.0 Å². The van der Waals surface area contributed by atoms with Gasteiger partial charge in [0, 0.05) is 37.4 Å². The molecule has 1 aromatic rings. The molecular weight excluding hydrogens is 382 g/mol. The van der Waals surface area contributed by atoms with E-state index in [0.29, 0.717) is 24.3 Å². The average Bonchev–Trinajstić information content (AvgIpc) is 3.09. The molecule has 2 saturated heterocycles. The molecule has 0 bridgehead atoms. The van der Waals surface area contributed by atoms with Crippen LogP contribution >= 0.6 is 0 Å². The van der Waals surface area contributed by atoms with Gasteiger partial charge in [-0.1, -0.05) is 19.4 Å². The SMILES string of the molecule is CCN1CCN(C(=O)c2cccc(NC(=O)[C@H]3CC(=O)OC34CCCCC4)c2)CC1. The number of hydrogen-bond acceptors (Lipinski definition) is 5. The standard InChI is InChI=1S/C23H31N3O4/c1-2-25-11-13-26(14-12-25)22(29)17-7-6-8-18(15-17)24-21(28)19-16-20(27)30-23(19)9-4-3-5-10-23/h6-8,15,19H,2-5,9-14,16H2,1H3,(H,24,28)/t19-/m1/s1. The van der Waals surface area contributed by atoms with Crippen LogP contribution in [0.25, 0.3) is 0 Å². The summed E-state index contributed by atoms with van der Waals surface area (Å²) in [6.45, 7) is 6.33. The zero-order valence-corrected chi connectivity index (χ0v) is 17.7. The van der Waals surface area contributed by atoms with Crippen molar-refractivity contribution in [1.82, 2.24) is 9.80 Å². The molecule has 1 aliphatic carbocycles. The first-order valence-electron chi connectivity index (χ1n) is 11.2. The molecule has 2 amide bonds. The summed E-state index contributed by atoms with van der Waals surface area (Å²) in [5.74, 6) is -0.951. The minimum atomic E-state index is -0.647. The molecule has 1 N–H and O–H groups in total. The number of piperazine rings is 1. The number of ether oxygens (including phenoxy) is 1. The number of benzene rings is 1. The van der Waals surface area contributed by atoms with Crippen LogP contribution < -0.4 is 5.32 Å². The van der Waals surface area contributed by atoms with Crippen molar-refractivity contribution < 1.29 is 19.1 Å². The summed E-state index contributed by atoms with van der Waals surface area (Å²) in [7, 11) is 0. The van der Waals surface area contributed by atoms with Crippen molar-refractivity contribution in [1.29, 1.82) is 0 Å². The predicted molar refractivity (Wildman–Crippen MR) is 113 cm³/mol. The van der Waals surface area contributed by atoms with Gasteiger partial charge in [0.1, 0.15) is 5.60 Å². The van der Waals surface area contributed by atoms with Gasteiger partial charge in [-0.15, -0.1) is 0 Å². The van der Waals surface area contributed by atoms with Gasteiger partial charge in [-0.25, -0.2) is 0 Å². The summed E-state index contributed by atoms with van der Waals surface area (Å²) in [4.78, 5) is 42.1. The van der Waals surface area contributed by atoms with E-state index in [1.165, 1.54) is 0 Å². The Hall–Kier alpha value is -2.41. The summed E-state index contributed by atoms with van der Waals surface area (Å²) in [5, 5.41) is 2.94. The topological polar surface area (TPSA) is 79.0 Å². The molecule has 3 fully saturated rings. The van der Waals surface area contributed by atoms with Gasteiger partial charge in [-0.05, 0) is 50.4 Å². The van der Waals surface area contributed by atoms with E-state index in [1.54, 1.807) is 24.3 Å². The lowest BCUT2D eigenvalue weighted by Gasteiger charge is -2.36. The van der Waals surface area contributed by atoms with Crippen LogP contribution in [0.3, 0.4) is 0 Å². The van der Waals surface area contributed by atoms with Crippen LogP contribution in [-0.2, 0) is 14.3 Å². The Kier molecular flexibility index (Phi) is 6.09. The Labute approximate surface area is 177 Å². The molecule has 7 nitrogen and oxygen atoms in total. The van der Waals surface area contributed by atoms with Crippen LogP contribution in [0.15, 0.2) is 24.3 Å². The molecule has 2 heterocycles. The smallest absolute Gasteiger partial charge is 0.307 e. The Balaban J connectivity index is 1.43. The second-order valence-corrected chi connectivity index (χ2v) is 8.65. The second-order valence-electron chi connectivity index (χ2n) is 8.65.